The summed E-state index contributed by atoms with van der Waals surface area (Å²) in [5, 5.41) is 23.1. The molecule has 0 saturated heterocycles. The molecule has 0 aliphatic carbocycles. The Kier molecular flexibility index (Phi) is 4.57. The molecule has 2 rings (SSSR count). The van der Waals surface area contributed by atoms with E-state index in [4.69, 9.17) is 17.1 Å². The first kappa shape index (κ1) is 14.0. The summed E-state index contributed by atoms with van der Waals surface area (Å²) >= 11 is 7.12. The van der Waals surface area contributed by atoms with Crippen molar-refractivity contribution in [3.63, 3.8) is 0 Å². The lowest BCUT2D eigenvalue weighted by atomic mass is 10.0. The largest absolute Gasteiger partial charge is 0.390 e. The second-order valence-electron chi connectivity index (χ2n) is 3.95. The van der Waals surface area contributed by atoms with Crippen LogP contribution in [0, 0.1) is 0 Å². The number of aromatic nitrogens is 1. The molecule has 1 aromatic heterocycles. The van der Waals surface area contributed by atoms with Gasteiger partial charge in [0.25, 0.3) is 0 Å². The minimum Gasteiger partial charge on any atom is -0.390 e. The molecule has 1 aromatic carbocycles. The predicted octanol–water partition coefficient (Wildman–Crippen LogP) is 3.04. The molecule has 0 spiro atoms. The summed E-state index contributed by atoms with van der Waals surface area (Å²) < 4.78 is 1.29. The third-order valence-electron chi connectivity index (χ3n) is 2.68. The predicted molar refractivity (Wildman–Crippen MR) is 74.2 cm³/mol. The summed E-state index contributed by atoms with van der Waals surface area (Å²) in [5.74, 6) is 0. The number of nitrogens with zero attached hydrogens (tertiary/aromatic N) is 4. The number of aliphatic hydroxyl groups excluding tert-OH is 2. The molecule has 1 heterocycles. The molecule has 2 N–H and O–H groups in total. The van der Waals surface area contributed by atoms with E-state index < -0.39 is 12.2 Å². The van der Waals surface area contributed by atoms with Crippen LogP contribution in [-0.4, -0.2) is 27.8 Å². The molecule has 0 saturated carbocycles. The highest BCUT2D eigenvalue weighted by molar-refractivity contribution is 7.22. The first-order valence-electron chi connectivity index (χ1n) is 5.55. The van der Waals surface area contributed by atoms with E-state index in [1.54, 1.807) is 18.2 Å². The van der Waals surface area contributed by atoms with E-state index in [2.05, 4.69) is 15.0 Å². The molecule has 2 aromatic rings. The zero-order valence-corrected chi connectivity index (χ0v) is 11.3. The van der Waals surface area contributed by atoms with Gasteiger partial charge in [0.1, 0.15) is 6.10 Å². The summed E-state index contributed by atoms with van der Waals surface area (Å²) in [6.45, 7) is 0.142. The standard InChI is InChI=1S/C11H11ClN4O2S/c12-11-15-7-2-1-6(5-9(7)19-11)10(18)8(17)3-4-14-16-13/h1-2,5,8,10,17-18H,3-4H2. The Morgan fingerprint density at radius 2 is 2.26 bits per heavy atom. The molecule has 0 bridgehead atoms. The third kappa shape index (κ3) is 3.34. The molecule has 19 heavy (non-hydrogen) atoms. The van der Waals surface area contributed by atoms with Gasteiger partial charge in [0, 0.05) is 11.5 Å². The van der Waals surface area contributed by atoms with Crippen LogP contribution in [0.1, 0.15) is 18.1 Å². The van der Waals surface area contributed by atoms with Gasteiger partial charge in [-0.25, -0.2) is 4.98 Å². The first-order chi connectivity index (χ1) is 9.11. The minimum atomic E-state index is -1.03. The number of thiazole rings is 1. The summed E-state index contributed by atoms with van der Waals surface area (Å²) in [6, 6.07) is 5.19. The van der Waals surface area contributed by atoms with Gasteiger partial charge in [-0.05, 0) is 29.6 Å². The number of azide groups is 1. The second-order valence-corrected chi connectivity index (χ2v) is 5.56. The van der Waals surface area contributed by atoms with E-state index in [0.717, 1.165) is 10.2 Å². The van der Waals surface area contributed by atoms with Crippen molar-refractivity contribution in [3.8, 4) is 0 Å². The van der Waals surface area contributed by atoms with Crippen LogP contribution in [0.4, 0.5) is 0 Å². The Morgan fingerprint density at radius 1 is 1.47 bits per heavy atom. The average molecular weight is 299 g/mol. The third-order valence-corrected chi connectivity index (χ3v) is 3.80. The van der Waals surface area contributed by atoms with Crippen molar-refractivity contribution in [2.24, 2.45) is 5.11 Å². The van der Waals surface area contributed by atoms with Crippen molar-refractivity contribution in [2.45, 2.75) is 18.6 Å². The highest BCUT2D eigenvalue weighted by Crippen LogP contribution is 2.29. The van der Waals surface area contributed by atoms with Crippen LogP contribution in [0.25, 0.3) is 20.7 Å². The van der Waals surface area contributed by atoms with E-state index in [-0.39, 0.29) is 13.0 Å². The van der Waals surface area contributed by atoms with Crippen LogP contribution in [-0.2, 0) is 0 Å². The maximum atomic E-state index is 10.0. The molecule has 2 atom stereocenters. The zero-order valence-electron chi connectivity index (χ0n) is 9.77. The molecule has 0 amide bonds. The molecular formula is C11H11ClN4O2S. The summed E-state index contributed by atoms with van der Waals surface area (Å²) in [4.78, 5) is 6.70. The van der Waals surface area contributed by atoms with Crippen molar-refractivity contribution >= 4 is 33.2 Å². The van der Waals surface area contributed by atoms with Gasteiger partial charge < -0.3 is 10.2 Å². The van der Waals surface area contributed by atoms with Crippen LogP contribution < -0.4 is 0 Å². The van der Waals surface area contributed by atoms with E-state index in [1.807, 2.05) is 0 Å². The Hall–Kier alpha value is -1.37. The van der Waals surface area contributed by atoms with Gasteiger partial charge in [0.15, 0.2) is 4.47 Å². The van der Waals surface area contributed by atoms with Crippen molar-refractivity contribution in [2.75, 3.05) is 6.54 Å². The molecule has 6 nitrogen and oxygen atoms in total. The molecule has 2 unspecified atom stereocenters. The number of hydrogen-bond donors (Lipinski definition) is 2. The van der Waals surface area contributed by atoms with Crippen molar-refractivity contribution in [3.05, 3.63) is 38.7 Å². The smallest absolute Gasteiger partial charge is 0.184 e. The average Bonchev–Trinajstić information content (AvgIpc) is 2.77. The van der Waals surface area contributed by atoms with E-state index in [0.29, 0.717) is 10.0 Å². The number of rotatable bonds is 5. The molecule has 0 radical (unpaired) electrons. The SMILES string of the molecule is [N-]=[N+]=NCCC(O)C(O)c1ccc2nc(Cl)sc2c1. The lowest BCUT2D eigenvalue weighted by Gasteiger charge is -2.17. The Labute approximate surface area is 117 Å². The summed E-state index contributed by atoms with van der Waals surface area (Å²) in [7, 11) is 0. The molecule has 0 aliphatic rings. The van der Waals surface area contributed by atoms with Crippen molar-refractivity contribution in [1.82, 2.24) is 4.98 Å². The first-order valence-corrected chi connectivity index (χ1v) is 6.74. The van der Waals surface area contributed by atoms with Gasteiger partial charge in [-0.15, -0.1) is 11.3 Å². The highest BCUT2D eigenvalue weighted by Gasteiger charge is 2.18. The summed E-state index contributed by atoms with van der Waals surface area (Å²) in [6.07, 6.45) is -1.81. The normalized spacial score (nSPS) is 14.1. The maximum Gasteiger partial charge on any atom is 0.184 e. The fourth-order valence-corrected chi connectivity index (χ4v) is 2.79. The number of benzene rings is 1. The van der Waals surface area contributed by atoms with E-state index in [9.17, 15) is 10.2 Å². The van der Waals surface area contributed by atoms with E-state index in [1.165, 1.54) is 11.3 Å². The summed E-state index contributed by atoms with van der Waals surface area (Å²) in [5.41, 5.74) is 9.49. The maximum absolute atomic E-state index is 10.0. The van der Waals surface area contributed by atoms with Crippen molar-refractivity contribution in [1.29, 1.82) is 0 Å². The lowest BCUT2D eigenvalue weighted by Crippen LogP contribution is -2.19. The van der Waals surface area contributed by atoms with Gasteiger partial charge in [0.2, 0.25) is 0 Å². The van der Waals surface area contributed by atoms with Gasteiger partial charge in [-0.3, -0.25) is 0 Å². The topological polar surface area (TPSA) is 102 Å². The van der Waals surface area contributed by atoms with Crippen LogP contribution >= 0.6 is 22.9 Å². The Bertz CT molecular complexity index is 626. The quantitative estimate of drug-likeness (QED) is 0.504. The number of fused-ring (bicyclic) bond motifs is 1. The van der Waals surface area contributed by atoms with Gasteiger partial charge in [-0.1, -0.05) is 22.8 Å². The van der Waals surface area contributed by atoms with Crippen LogP contribution in [0.15, 0.2) is 23.3 Å². The molecular weight excluding hydrogens is 288 g/mol. The zero-order chi connectivity index (χ0) is 13.8. The van der Waals surface area contributed by atoms with Gasteiger partial charge in [0.05, 0.1) is 16.3 Å². The molecule has 8 heteroatoms. The lowest BCUT2D eigenvalue weighted by molar-refractivity contribution is 0.0151. The van der Waals surface area contributed by atoms with Crippen LogP contribution in [0.3, 0.4) is 0 Å². The monoisotopic (exact) mass is 298 g/mol. The van der Waals surface area contributed by atoms with Crippen molar-refractivity contribution < 1.29 is 10.2 Å². The Balaban J connectivity index is 2.15. The number of halogens is 1. The van der Waals surface area contributed by atoms with Gasteiger partial charge in [-0.2, -0.15) is 0 Å². The fraction of sp³-hybridized carbons (Fsp3) is 0.364. The second kappa shape index (κ2) is 6.18. The molecule has 100 valence electrons. The highest BCUT2D eigenvalue weighted by atomic mass is 35.5. The molecule has 0 aliphatic heterocycles. The number of aliphatic hydroxyl groups is 2. The van der Waals surface area contributed by atoms with E-state index >= 15 is 0 Å². The molecule has 0 fully saturated rings. The minimum absolute atomic E-state index is 0.142. The number of hydrogen-bond acceptors (Lipinski definition) is 5. The Morgan fingerprint density at radius 3 is 3.00 bits per heavy atom. The van der Waals surface area contributed by atoms with Gasteiger partial charge >= 0.3 is 0 Å². The van der Waals surface area contributed by atoms with Crippen LogP contribution in [0.2, 0.25) is 4.47 Å². The van der Waals surface area contributed by atoms with Crippen LogP contribution in [0.5, 0.6) is 0 Å². The fourth-order valence-electron chi connectivity index (χ4n) is 1.71.